The molecule has 0 saturated heterocycles. The van der Waals surface area contributed by atoms with Crippen molar-refractivity contribution in [3.8, 4) is 0 Å². The Bertz CT molecular complexity index is 93.6. The number of carbonyl (C=O) groups is 1. The predicted molar refractivity (Wildman–Crippen MR) is 38.4 cm³/mol. The molecule has 3 heteroatoms. The van der Waals surface area contributed by atoms with Crippen LogP contribution in [0.15, 0.2) is 0 Å². The molecule has 0 heterocycles. The fourth-order valence-corrected chi connectivity index (χ4v) is 0.505. The lowest BCUT2D eigenvalue weighted by molar-refractivity contribution is -0.143. The Labute approximate surface area is 61.5 Å². The first-order chi connectivity index (χ1) is 4.81. The molecule has 59 valence electrons. The van der Waals surface area contributed by atoms with Crippen molar-refractivity contribution < 1.29 is 9.53 Å². The molecule has 0 fully saturated rings. The normalized spacial score (nSPS) is 9.40. The zero-order valence-corrected chi connectivity index (χ0v) is 6.35. The van der Waals surface area contributed by atoms with Crippen molar-refractivity contribution >= 4 is 5.97 Å². The summed E-state index contributed by atoms with van der Waals surface area (Å²) in [6.07, 6.45) is 2.18. The monoisotopic (exact) mass is 144 g/mol. The summed E-state index contributed by atoms with van der Waals surface area (Å²) in [6.45, 7) is 2.68. The summed E-state index contributed by atoms with van der Waals surface area (Å²) in [4.78, 5) is 10.6. The van der Waals surface area contributed by atoms with Gasteiger partial charge in [0.2, 0.25) is 0 Å². The van der Waals surface area contributed by atoms with Crippen LogP contribution in [-0.2, 0) is 9.53 Å². The van der Waals surface area contributed by atoms with Crippen molar-refractivity contribution in [3.05, 3.63) is 0 Å². The first-order valence-corrected chi connectivity index (χ1v) is 3.61. The highest BCUT2D eigenvalue weighted by atomic mass is 16.5. The molecule has 0 bridgehead atoms. The molecule has 0 aromatic heterocycles. The van der Waals surface area contributed by atoms with Gasteiger partial charge >= 0.3 is 5.97 Å². The molecule has 10 heavy (non-hydrogen) atoms. The van der Waals surface area contributed by atoms with Crippen LogP contribution in [0.2, 0.25) is 0 Å². The predicted octanol–water partition coefficient (Wildman–Crippen LogP) is 1.00. The van der Waals surface area contributed by atoms with Gasteiger partial charge in [-0.2, -0.15) is 0 Å². The molecule has 0 aromatic carbocycles. The van der Waals surface area contributed by atoms with E-state index in [9.17, 15) is 4.79 Å². The minimum Gasteiger partial charge on any atom is -0.466 e. The van der Waals surface area contributed by atoms with Crippen LogP contribution < -0.4 is 5.73 Å². The molecule has 0 amide bonds. The van der Waals surface area contributed by atoms with Gasteiger partial charge in [0.05, 0.1) is 13.0 Å². The number of hydrogen-bond donors (Lipinski definition) is 0. The van der Waals surface area contributed by atoms with E-state index < -0.39 is 0 Å². The van der Waals surface area contributed by atoms with Crippen molar-refractivity contribution in [1.29, 1.82) is 0 Å². The summed E-state index contributed by atoms with van der Waals surface area (Å²) in [6, 6.07) is 0. The van der Waals surface area contributed by atoms with Crippen LogP contribution in [0, 0.1) is 0 Å². The minimum atomic E-state index is -0.247. The van der Waals surface area contributed by atoms with Crippen LogP contribution in [0.1, 0.15) is 26.2 Å². The summed E-state index contributed by atoms with van der Waals surface area (Å²) in [5.41, 5.74) is 6.71. The molecule has 1 radical (unpaired) electrons. The van der Waals surface area contributed by atoms with E-state index >= 15 is 0 Å². The molecule has 0 rings (SSSR count). The van der Waals surface area contributed by atoms with E-state index in [1.54, 1.807) is 0 Å². The van der Waals surface area contributed by atoms with Crippen molar-refractivity contribution in [2.45, 2.75) is 26.2 Å². The van der Waals surface area contributed by atoms with E-state index in [0.29, 0.717) is 6.61 Å². The number of unbranched alkanes of at least 4 members (excludes halogenated alkanes) is 1. The molecule has 0 unspecified atom stereocenters. The van der Waals surface area contributed by atoms with Gasteiger partial charge in [0.15, 0.2) is 0 Å². The van der Waals surface area contributed by atoms with E-state index in [1.165, 1.54) is 0 Å². The summed E-state index contributed by atoms with van der Waals surface area (Å²) >= 11 is 0. The summed E-state index contributed by atoms with van der Waals surface area (Å²) in [7, 11) is 0. The lowest BCUT2D eigenvalue weighted by atomic mass is 10.3. The second-order valence-corrected chi connectivity index (χ2v) is 2.07. The van der Waals surface area contributed by atoms with Crippen molar-refractivity contribution in [1.82, 2.24) is 5.73 Å². The van der Waals surface area contributed by atoms with Gasteiger partial charge in [-0.1, -0.05) is 13.3 Å². The summed E-state index contributed by atoms with van der Waals surface area (Å²) in [5.74, 6) is -0.247. The van der Waals surface area contributed by atoms with Gasteiger partial charge in [-0.15, -0.1) is 0 Å². The number of esters is 1. The van der Waals surface area contributed by atoms with Crippen molar-refractivity contribution in [3.63, 3.8) is 0 Å². The van der Waals surface area contributed by atoms with Gasteiger partial charge in [-0.25, -0.2) is 0 Å². The van der Waals surface area contributed by atoms with E-state index in [-0.39, 0.29) is 18.9 Å². The topological polar surface area (TPSA) is 50.1 Å². The number of carbonyl (C=O) groups excluding carboxylic acids is 1. The number of rotatable bonds is 5. The molecule has 3 nitrogen and oxygen atoms in total. The zero-order valence-electron chi connectivity index (χ0n) is 6.35. The number of ether oxygens (including phenoxy) is 1. The van der Waals surface area contributed by atoms with Crippen LogP contribution in [0.5, 0.6) is 0 Å². The minimum absolute atomic E-state index is 0.130. The largest absolute Gasteiger partial charge is 0.466 e. The molecule has 0 spiro atoms. The second kappa shape index (κ2) is 6.55. The third-order valence-electron chi connectivity index (χ3n) is 1.09. The molecule has 0 saturated carbocycles. The Morgan fingerprint density at radius 2 is 2.30 bits per heavy atom. The number of hydrogen-bond acceptors (Lipinski definition) is 2. The maximum atomic E-state index is 10.6. The van der Waals surface area contributed by atoms with Gasteiger partial charge in [0.25, 0.3) is 0 Å². The van der Waals surface area contributed by atoms with Crippen LogP contribution in [0.4, 0.5) is 0 Å². The first-order valence-electron chi connectivity index (χ1n) is 3.61. The van der Waals surface area contributed by atoms with Gasteiger partial charge in [0.1, 0.15) is 0 Å². The molecule has 0 aromatic rings. The van der Waals surface area contributed by atoms with Crippen LogP contribution in [-0.4, -0.2) is 19.1 Å². The van der Waals surface area contributed by atoms with Crippen LogP contribution in [0.3, 0.4) is 0 Å². The van der Waals surface area contributed by atoms with E-state index in [2.05, 4.69) is 0 Å². The van der Waals surface area contributed by atoms with Crippen LogP contribution in [0.25, 0.3) is 0 Å². The Morgan fingerprint density at radius 1 is 1.60 bits per heavy atom. The van der Waals surface area contributed by atoms with Crippen LogP contribution >= 0.6 is 0 Å². The molecule has 1 N–H and O–H groups in total. The summed E-state index contributed by atoms with van der Waals surface area (Å²) < 4.78 is 4.76. The lowest BCUT2D eigenvalue weighted by Gasteiger charge is -2.00. The van der Waals surface area contributed by atoms with Crippen molar-refractivity contribution in [2.75, 3.05) is 13.2 Å². The van der Waals surface area contributed by atoms with E-state index in [0.717, 1.165) is 12.8 Å². The molecule has 0 aliphatic heterocycles. The average molecular weight is 144 g/mol. The van der Waals surface area contributed by atoms with Gasteiger partial charge < -0.3 is 4.74 Å². The molecular weight excluding hydrogens is 130 g/mol. The highest BCUT2D eigenvalue weighted by Gasteiger charge is 1.98. The smallest absolute Gasteiger partial charge is 0.307 e. The fraction of sp³-hybridized carbons (Fsp3) is 0.857. The maximum absolute atomic E-state index is 10.6. The molecule has 0 atom stereocenters. The highest BCUT2D eigenvalue weighted by Crippen LogP contribution is 1.90. The van der Waals surface area contributed by atoms with Gasteiger partial charge in [-0.3, -0.25) is 10.5 Å². The molecular formula is C7H14NO2. The highest BCUT2D eigenvalue weighted by molar-refractivity contribution is 5.69. The lowest BCUT2D eigenvalue weighted by Crippen LogP contribution is -2.07. The molecule has 0 aliphatic carbocycles. The molecule has 0 aliphatic rings. The van der Waals surface area contributed by atoms with Gasteiger partial charge in [0, 0.05) is 6.54 Å². The van der Waals surface area contributed by atoms with Gasteiger partial charge in [-0.05, 0) is 6.42 Å². The standard InChI is InChI=1S/C7H14NO2/c1-2-3-6-10-7(9)4-5-8/h8H,2-6H2,1H3. The van der Waals surface area contributed by atoms with E-state index in [4.69, 9.17) is 10.5 Å². The first kappa shape index (κ1) is 9.43. The Kier molecular flexibility index (Phi) is 6.18. The quantitative estimate of drug-likeness (QED) is 0.427. The Balaban J connectivity index is 3.05. The van der Waals surface area contributed by atoms with Crippen molar-refractivity contribution in [2.24, 2.45) is 0 Å². The zero-order chi connectivity index (χ0) is 7.82. The average Bonchev–Trinajstić information content (AvgIpc) is 1.89. The Hall–Kier alpha value is -0.570. The second-order valence-electron chi connectivity index (χ2n) is 2.07. The fourth-order valence-electron chi connectivity index (χ4n) is 0.505. The Morgan fingerprint density at radius 3 is 2.80 bits per heavy atom. The SMILES string of the molecule is CCCCOC(=O)CC[NH]. The third-order valence-corrected chi connectivity index (χ3v) is 1.09. The van der Waals surface area contributed by atoms with E-state index in [1.807, 2.05) is 6.92 Å². The maximum Gasteiger partial charge on any atom is 0.307 e. The number of nitrogens with one attached hydrogen (secondary N) is 1. The summed E-state index contributed by atoms with van der Waals surface area (Å²) in [5, 5.41) is 0. The third kappa shape index (κ3) is 5.56.